The van der Waals surface area contributed by atoms with Crippen molar-refractivity contribution >= 4 is 5.57 Å². The molecule has 1 aromatic rings. The highest BCUT2D eigenvalue weighted by Crippen LogP contribution is 2.33. The van der Waals surface area contributed by atoms with Crippen molar-refractivity contribution in [2.75, 3.05) is 0 Å². The van der Waals surface area contributed by atoms with Crippen molar-refractivity contribution in [3.8, 4) is 0 Å². The van der Waals surface area contributed by atoms with Crippen LogP contribution < -0.4 is 0 Å². The molecule has 1 aromatic carbocycles. The van der Waals surface area contributed by atoms with Gasteiger partial charge in [-0.25, -0.2) is 0 Å². The van der Waals surface area contributed by atoms with Gasteiger partial charge in [0.1, 0.15) is 0 Å². The predicted octanol–water partition coefficient (Wildman–Crippen LogP) is 7.49. The van der Waals surface area contributed by atoms with E-state index in [4.69, 9.17) is 0 Å². The van der Waals surface area contributed by atoms with Crippen LogP contribution in [0.1, 0.15) is 69.6 Å². The lowest BCUT2D eigenvalue weighted by molar-refractivity contribution is 0.714. The molecule has 0 heteroatoms. The Kier molecular flexibility index (Phi) is 6.43. The molecule has 0 spiro atoms. The first-order valence-corrected chi connectivity index (χ1v) is 9.17. The normalized spacial score (nSPS) is 17.0. The quantitative estimate of drug-likeness (QED) is 0.529. The molecule has 0 saturated carbocycles. The second-order valence-electron chi connectivity index (χ2n) is 7.45. The SMILES string of the molecule is C=C(C)C1=CC=C(C)C1.CC1=C(c2cc(C)ccc2C)CCCC1. The van der Waals surface area contributed by atoms with E-state index in [0.717, 1.165) is 6.42 Å². The molecule has 0 aliphatic heterocycles. The Bertz CT molecular complexity index is 708. The van der Waals surface area contributed by atoms with Crippen LogP contribution in [0.5, 0.6) is 0 Å². The summed E-state index contributed by atoms with van der Waals surface area (Å²) >= 11 is 0. The maximum atomic E-state index is 3.87. The predicted molar refractivity (Wildman–Crippen MR) is 108 cm³/mol. The van der Waals surface area contributed by atoms with Gasteiger partial charge in [0, 0.05) is 0 Å². The van der Waals surface area contributed by atoms with Gasteiger partial charge in [-0.15, -0.1) is 0 Å². The van der Waals surface area contributed by atoms with E-state index < -0.39 is 0 Å². The van der Waals surface area contributed by atoms with E-state index in [9.17, 15) is 0 Å². The molecular formula is C24H32. The average Bonchev–Trinajstić information content (AvgIpc) is 2.98. The van der Waals surface area contributed by atoms with Gasteiger partial charge in [0.2, 0.25) is 0 Å². The minimum atomic E-state index is 1.11. The van der Waals surface area contributed by atoms with Crippen LogP contribution in [0.3, 0.4) is 0 Å². The van der Waals surface area contributed by atoms with Crippen molar-refractivity contribution in [1.82, 2.24) is 0 Å². The maximum Gasteiger partial charge on any atom is -0.00643 e. The van der Waals surface area contributed by atoms with Gasteiger partial charge in [-0.1, -0.05) is 59.2 Å². The van der Waals surface area contributed by atoms with Crippen LogP contribution in [0.2, 0.25) is 0 Å². The monoisotopic (exact) mass is 320 g/mol. The Labute approximate surface area is 148 Å². The number of rotatable bonds is 2. The third-order valence-corrected chi connectivity index (χ3v) is 5.05. The molecule has 2 aliphatic carbocycles. The molecule has 0 heterocycles. The standard InChI is InChI=1S/C15H20.C9H12/c1-11-8-9-13(3)15(10-11)14-7-5-4-6-12(14)2;1-7(2)9-5-4-8(3)6-9/h8-10H,4-7H2,1-3H3;4-5H,1,6H2,2-3H3. The fraction of sp³-hybridized carbons (Fsp3) is 0.417. The Balaban J connectivity index is 0.000000198. The van der Waals surface area contributed by atoms with Crippen LogP contribution in [-0.4, -0.2) is 0 Å². The van der Waals surface area contributed by atoms with Crippen LogP contribution in [0.4, 0.5) is 0 Å². The summed E-state index contributed by atoms with van der Waals surface area (Å²) in [6, 6.07) is 6.80. The molecule has 0 N–H and O–H groups in total. The second-order valence-corrected chi connectivity index (χ2v) is 7.45. The molecule has 128 valence electrons. The van der Waals surface area contributed by atoms with E-state index >= 15 is 0 Å². The minimum Gasteiger partial charge on any atom is -0.0958 e. The summed E-state index contributed by atoms with van der Waals surface area (Å²) in [4.78, 5) is 0. The fourth-order valence-corrected chi connectivity index (χ4v) is 3.44. The Morgan fingerprint density at radius 3 is 2.21 bits per heavy atom. The summed E-state index contributed by atoms with van der Waals surface area (Å²) in [6.45, 7) is 14.8. The molecule has 24 heavy (non-hydrogen) atoms. The Hall–Kier alpha value is -1.82. The molecule has 2 aliphatic rings. The highest BCUT2D eigenvalue weighted by Gasteiger charge is 2.12. The van der Waals surface area contributed by atoms with Gasteiger partial charge in [-0.2, -0.15) is 0 Å². The van der Waals surface area contributed by atoms with E-state index in [-0.39, 0.29) is 0 Å². The average molecular weight is 321 g/mol. The van der Waals surface area contributed by atoms with Crippen LogP contribution in [0.15, 0.2) is 59.2 Å². The van der Waals surface area contributed by atoms with E-state index in [1.54, 1.807) is 11.1 Å². The summed E-state index contributed by atoms with van der Waals surface area (Å²) in [7, 11) is 0. The topological polar surface area (TPSA) is 0 Å². The lowest BCUT2D eigenvalue weighted by Crippen LogP contribution is -1.99. The van der Waals surface area contributed by atoms with Crippen LogP contribution in [-0.2, 0) is 0 Å². The lowest BCUT2D eigenvalue weighted by atomic mass is 9.86. The Morgan fingerprint density at radius 2 is 1.67 bits per heavy atom. The maximum absolute atomic E-state index is 3.87. The molecular weight excluding hydrogens is 288 g/mol. The van der Waals surface area contributed by atoms with Crippen LogP contribution >= 0.6 is 0 Å². The molecule has 0 nitrogen and oxygen atoms in total. The lowest BCUT2D eigenvalue weighted by Gasteiger charge is -2.20. The van der Waals surface area contributed by atoms with Crippen LogP contribution in [0.25, 0.3) is 5.57 Å². The smallest absolute Gasteiger partial charge is 0.00643 e. The van der Waals surface area contributed by atoms with E-state index in [1.807, 2.05) is 0 Å². The van der Waals surface area contributed by atoms with Gasteiger partial charge < -0.3 is 0 Å². The molecule has 0 saturated heterocycles. The van der Waals surface area contributed by atoms with Gasteiger partial charge in [0.15, 0.2) is 0 Å². The molecule has 0 atom stereocenters. The molecule has 0 amide bonds. The molecule has 0 fully saturated rings. The first-order valence-electron chi connectivity index (χ1n) is 9.17. The fourth-order valence-electron chi connectivity index (χ4n) is 3.44. The van der Waals surface area contributed by atoms with Crippen molar-refractivity contribution < 1.29 is 0 Å². The van der Waals surface area contributed by atoms with Gasteiger partial charge in [0.05, 0.1) is 0 Å². The number of benzene rings is 1. The van der Waals surface area contributed by atoms with Gasteiger partial charge in [-0.05, 0) is 89.0 Å². The zero-order chi connectivity index (χ0) is 17.7. The minimum absolute atomic E-state index is 1.11. The highest BCUT2D eigenvalue weighted by atomic mass is 14.2. The number of hydrogen-bond acceptors (Lipinski definition) is 0. The molecule has 3 rings (SSSR count). The third-order valence-electron chi connectivity index (χ3n) is 5.05. The summed E-state index contributed by atoms with van der Waals surface area (Å²) in [5.74, 6) is 0. The van der Waals surface area contributed by atoms with Crippen molar-refractivity contribution in [2.45, 2.75) is 66.7 Å². The van der Waals surface area contributed by atoms with Crippen molar-refractivity contribution in [3.05, 3.63) is 75.9 Å². The molecule has 0 unspecified atom stereocenters. The van der Waals surface area contributed by atoms with Crippen molar-refractivity contribution in [2.24, 2.45) is 0 Å². The van der Waals surface area contributed by atoms with E-state index in [2.05, 4.69) is 71.5 Å². The zero-order valence-electron chi connectivity index (χ0n) is 16.1. The largest absolute Gasteiger partial charge is 0.0958 e. The zero-order valence-corrected chi connectivity index (χ0v) is 16.1. The van der Waals surface area contributed by atoms with E-state index in [1.165, 1.54) is 59.1 Å². The second kappa shape index (κ2) is 8.33. The summed E-state index contributed by atoms with van der Waals surface area (Å²) in [6.07, 6.45) is 10.7. The number of allylic oxidation sites excluding steroid dienone is 7. The van der Waals surface area contributed by atoms with Gasteiger partial charge in [0.25, 0.3) is 0 Å². The summed E-state index contributed by atoms with van der Waals surface area (Å²) in [5, 5.41) is 0. The number of aryl methyl sites for hydroxylation is 2. The number of hydrogen-bond donors (Lipinski definition) is 0. The first kappa shape index (κ1) is 18.5. The molecule has 0 aromatic heterocycles. The summed E-state index contributed by atoms with van der Waals surface area (Å²) < 4.78 is 0. The van der Waals surface area contributed by atoms with Gasteiger partial charge in [-0.3, -0.25) is 0 Å². The molecule has 0 bridgehead atoms. The van der Waals surface area contributed by atoms with Gasteiger partial charge >= 0.3 is 0 Å². The highest BCUT2D eigenvalue weighted by molar-refractivity contribution is 5.71. The van der Waals surface area contributed by atoms with Crippen LogP contribution in [0, 0.1) is 13.8 Å². The Morgan fingerprint density at radius 1 is 0.958 bits per heavy atom. The van der Waals surface area contributed by atoms with E-state index in [0.29, 0.717) is 0 Å². The third kappa shape index (κ3) is 4.84. The molecule has 0 radical (unpaired) electrons. The van der Waals surface area contributed by atoms with Crippen molar-refractivity contribution in [1.29, 1.82) is 0 Å². The first-order chi connectivity index (χ1) is 11.4. The van der Waals surface area contributed by atoms with Crippen molar-refractivity contribution in [3.63, 3.8) is 0 Å². The summed E-state index contributed by atoms with van der Waals surface area (Å²) in [5.41, 5.74) is 11.5.